The van der Waals surface area contributed by atoms with E-state index in [2.05, 4.69) is 16.1 Å². The first-order chi connectivity index (χ1) is 21.5. The Labute approximate surface area is 266 Å². The van der Waals surface area contributed by atoms with Crippen molar-refractivity contribution in [2.75, 3.05) is 40.1 Å². The van der Waals surface area contributed by atoms with Gasteiger partial charge in [-0.25, -0.2) is 13.4 Å². The molecule has 1 aliphatic rings. The van der Waals surface area contributed by atoms with E-state index in [0.29, 0.717) is 24.7 Å². The number of nitrogens with one attached hydrogen (secondary N) is 3. The Bertz CT molecular complexity index is 1340. The maximum atomic E-state index is 13.8. The van der Waals surface area contributed by atoms with Gasteiger partial charge in [-0.05, 0) is 36.0 Å². The number of rotatable bonds is 18. The second-order valence-corrected chi connectivity index (χ2v) is 13.7. The van der Waals surface area contributed by atoms with Gasteiger partial charge in [0.05, 0.1) is 30.2 Å². The van der Waals surface area contributed by atoms with E-state index in [4.69, 9.17) is 14.2 Å². The third-order valence-corrected chi connectivity index (χ3v) is 10.00. The molecule has 1 aliphatic heterocycles. The number of methoxy groups -OCH3 is 1. The van der Waals surface area contributed by atoms with Crippen LogP contribution >= 0.6 is 0 Å². The van der Waals surface area contributed by atoms with Gasteiger partial charge in [0.25, 0.3) is 5.91 Å². The quantitative estimate of drug-likeness (QED) is 0.140. The molecule has 2 aromatic carbocycles. The number of carbonyl (C=O) groups is 2. The van der Waals surface area contributed by atoms with Crippen LogP contribution in [0.5, 0.6) is 11.5 Å². The molecule has 250 valence electrons. The zero-order valence-corrected chi connectivity index (χ0v) is 27.6. The average molecular weight is 649 g/mol. The van der Waals surface area contributed by atoms with Gasteiger partial charge in [-0.2, -0.15) is 0 Å². The van der Waals surface area contributed by atoms with E-state index in [1.165, 1.54) is 17.1 Å². The Balaban J connectivity index is 1.87. The standard InChI is InChI=1S/C32H48N4O8S/c1-6-23(4)16-31(39)36(35-30(38)20-33-14-15-42-5)26(17-24-10-8-7-9-11-24)27(37)19-34-32(22(2)3)45(40,41)25-12-13-28-29(18-25)44-21-43-28/h7-13,18,22-23,26-27,32-34,37H,6,14-17,19-21H2,1-5H3,(H,35,38)/t23-,26-,27+,32?/m0/s1. The molecule has 0 saturated heterocycles. The van der Waals surface area contributed by atoms with Crippen LogP contribution in [0.3, 0.4) is 0 Å². The zero-order chi connectivity index (χ0) is 33.0. The normalized spacial score (nSPS) is 15.4. The van der Waals surface area contributed by atoms with Gasteiger partial charge >= 0.3 is 0 Å². The lowest BCUT2D eigenvalue weighted by molar-refractivity contribution is -0.148. The maximum Gasteiger partial charge on any atom is 0.252 e. The molecule has 0 saturated carbocycles. The smallest absolute Gasteiger partial charge is 0.252 e. The number of aliphatic hydroxyl groups is 1. The molecular formula is C32H48N4O8S. The molecule has 0 aliphatic carbocycles. The van der Waals surface area contributed by atoms with Crippen LogP contribution in [0, 0.1) is 11.8 Å². The number of hydrazine groups is 1. The summed E-state index contributed by atoms with van der Waals surface area (Å²) in [5.41, 5.74) is 3.56. The lowest BCUT2D eigenvalue weighted by Crippen LogP contribution is -2.60. The van der Waals surface area contributed by atoms with Gasteiger partial charge in [-0.15, -0.1) is 0 Å². The van der Waals surface area contributed by atoms with Gasteiger partial charge in [0, 0.05) is 32.7 Å². The number of benzene rings is 2. The highest BCUT2D eigenvalue weighted by Crippen LogP contribution is 2.35. The van der Waals surface area contributed by atoms with Crippen molar-refractivity contribution in [2.45, 2.75) is 69.4 Å². The van der Waals surface area contributed by atoms with Gasteiger partial charge < -0.3 is 24.6 Å². The molecule has 4 N–H and O–H groups in total. The molecule has 0 spiro atoms. The monoisotopic (exact) mass is 648 g/mol. The van der Waals surface area contributed by atoms with Crippen LogP contribution in [-0.4, -0.2) is 88.0 Å². The van der Waals surface area contributed by atoms with E-state index in [9.17, 15) is 23.1 Å². The van der Waals surface area contributed by atoms with Crippen molar-refractivity contribution >= 4 is 21.7 Å². The first-order valence-corrected chi connectivity index (χ1v) is 16.9. The number of fused-ring (bicyclic) bond motifs is 1. The van der Waals surface area contributed by atoms with Crippen LogP contribution in [-0.2, 0) is 30.6 Å². The summed E-state index contributed by atoms with van der Waals surface area (Å²) < 4.78 is 43.2. The summed E-state index contributed by atoms with van der Waals surface area (Å²) in [6.45, 7) is 8.12. The summed E-state index contributed by atoms with van der Waals surface area (Å²) in [5.74, 6) is -0.303. The maximum absolute atomic E-state index is 13.8. The third-order valence-electron chi connectivity index (χ3n) is 7.71. The highest BCUT2D eigenvalue weighted by molar-refractivity contribution is 7.92. The summed E-state index contributed by atoms with van der Waals surface area (Å²) in [6, 6.07) is 12.9. The molecule has 1 heterocycles. The van der Waals surface area contributed by atoms with Gasteiger partial charge in [0.2, 0.25) is 12.7 Å². The summed E-state index contributed by atoms with van der Waals surface area (Å²) >= 11 is 0. The lowest BCUT2D eigenvalue weighted by atomic mass is 9.98. The first-order valence-electron chi connectivity index (χ1n) is 15.4. The van der Waals surface area contributed by atoms with Gasteiger partial charge in [0.1, 0.15) is 5.37 Å². The molecule has 0 aromatic heterocycles. The van der Waals surface area contributed by atoms with Gasteiger partial charge in [0.15, 0.2) is 21.3 Å². The Morgan fingerprint density at radius 2 is 1.78 bits per heavy atom. The number of amides is 2. The van der Waals surface area contributed by atoms with Crippen LogP contribution in [0.4, 0.5) is 0 Å². The van der Waals surface area contributed by atoms with E-state index >= 15 is 0 Å². The lowest BCUT2D eigenvalue weighted by Gasteiger charge is -2.36. The molecule has 0 radical (unpaired) electrons. The molecule has 2 amide bonds. The van der Waals surface area contributed by atoms with Crippen molar-refractivity contribution in [3.63, 3.8) is 0 Å². The number of sulfone groups is 1. The fourth-order valence-electron chi connectivity index (χ4n) is 4.95. The van der Waals surface area contributed by atoms with Gasteiger partial charge in [-0.1, -0.05) is 64.4 Å². The summed E-state index contributed by atoms with van der Waals surface area (Å²) in [6.07, 6.45) is -0.116. The highest BCUT2D eigenvalue weighted by atomic mass is 32.2. The SMILES string of the molecule is CC[C@H](C)CC(=O)N(NC(=O)CNCCOC)[C@@H](Cc1ccccc1)[C@H](O)CNC(C(C)C)S(=O)(=O)c1ccc2c(c1)OCO2. The van der Waals surface area contributed by atoms with Crippen molar-refractivity contribution in [3.8, 4) is 11.5 Å². The van der Waals surface area contributed by atoms with E-state index < -0.39 is 33.3 Å². The minimum Gasteiger partial charge on any atom is -0.454 e. The van der Waals surface area contributed by atoms with Crippen molar-refractivity contribution in [1.29, 1.82) is 0 Å². The van der Waals surface area contributed by atoms with Crippen molar-refractivity contribution in [1.82, 2.24) is 21.1 Å². The van der Waals surface area contributed by atoms with Crippen molar-refractivity contribution in [2.24, 2.45) is 11.8 Å². The minimum atomic E-state index is -3.92. The van der Waals surface area contributed by atoms with E-state index in [0.717, 1.165) is 12.0 Å². The summed E-state index contributed by atoms with van der Waals surface area (Å²) in [5, 5.41) is 17.8. The van der Waals surface area contributed by atoms with Gasteiger partial charge in [-0.3, -0.25) is 20.3 Å². The minimum absolute atomic E-state index is 0.0195. The van der Waals surface area contributed by atoms with E-state index in [1.54, 1.807) is 27.0 Å². The fraction of sp³-hybridized carbons (Fsp3) is 0.562. The Kier molecular flexibility index (Phi) is 14.1. The van der Waals surface area contributed by atoms with Crippen LogP contribution < -0.4 is 25.5 Å². The Morgan fingerprint density at radius 1 is 1.07 bits per heavy atom. The molecule has 3 rings (SSSR count). The van der Waals surface area contributed by atoms with Crippen LogP contribution in [0.15, 0.2) is 53.4 Å². The number of carbonyl (C=O) groups excluding carboxylic acids is 2. The second-order valence-electron chi connectivity index (χ2n) is 11.6. The number of ether oxygens (including phenoxy) is 3. The Morgan fingerprint density at radius 3 is 2.44 bits per heavy atom. The largest absolute Gasteiger partial charge is 0.454 e. The number of hydrogen-bond donors (Lipinski definition) is 4. The number of nitrogens with zero attached hydrogens (tertiary/aromatic N) is 1. The average Bonchev–Trinajstić information content (AvgIpc) is 3.49. The molecule has 13 heteroatoms. The molecule has 4 atom stereocenters. The number of hydrogen-bond acceptors (Lipinski definition) is 10. The molecule has 12 nitrogen and oxygen atoms in total. The number of aliphatic hydroxyl groups excluding tert-OH is 1. The third kappa shape index (κ3) is 10.4. The topological polar surface area (TPSA) is 156 Å². The second kappa shape index (κ2) is 17.5. The first kappa shape index (κ1) is 36.2. The van der Waals surface area contributed by atoms with Crippen LogP contribution in [0.25, 0.3) is 0 Å². The van der Waals surface area contributed by atoms with Crippen molar-refractivity contribution < 1.29 is 37.3 Å². The predicted molar refractivity (Wildman–Crippen MR) is 170 cm³/mol. The molecule has 0 bridgehead atoms. The highest BCUT2D eigenvalue weighted by Gasteiger charge is 2.36. The molecule has 45 heavy (non-hydrogen) atoms. The zero-order valence-electron chi connectivity index (χ0n) is 26.8. The molecule has 1 unspecified atom stereocenters. The molecule has 0 fully saturated rings. The fourth-order valence-corrected chi connectivity index (χ4v) is 6.81. The predicted octanol–water partition coefficient (Wildman–Crippen LogP) is 2.26. The molecular weight excluding hydrogens is 600 g/mol. The van der Waals surface area contributed by atoms with Crippen LogP contribution in [0.1, 0.15) is 46.1 Å². The van der Waals surface area contributed by atoms with Crippen molar-refractivity contribution in [3.05, 3.63) is 54.1 Å². The van der Waals surface area contributed by atoms with E-state index in [1.807, 2.05) is 44.2 Å². The van der Waals surface area contributed by atoms with E-state index in [-0.39, 0.29) is 55.4 Å². The Hall–Kier alpha value is -3.23. The summed E-state index contributed by atoms with van der Waals surface area (Å²) in [4.78, 5) is 26.7. The summed E-state index contributed by atoms with van der Waals surface area (Å²) in [7, 11) is -2.36. The van der Waals surface area contributed by atoms with Crippen LogP contribution in [0.2, 0.25) is 0 Å². The molecule has 2 aromatic rings.